The summed E-state index contributed by atoms with van der Waals surface area (Å²) in [6.45, 7) is 6.47. The Labute approximate surface area is 234 Å². The number of nitrogens with zero attached hydrogens (tertiary/aromatic N) is 5. The highest BCUT2D eigenvalue weighted by atomic mass is 35.5. The van der Waals surface area contributed by atoms with Crippen LogP contribution in [0.2, 0.25) is 5.02 Å². The number of rotatable bonds is 7. The van der Waals surface area contributed by atoms with Gasteiger partial charge in [0.15, 0.2) is 5.16 Å². The van der Waals surface area contributed by atoms with Crippen LogP contribution in [0, 0.1) is 5.92 Å². The van der Waals surface area contributed by atoms with Crippen molar-refractivity contribution in [2.45, 2.75) is 48.7 Å². The molecule has 3 aromatic heterocycles. The van der Waals surface area contributed by atoms with Gasteiger partial charge in [0.1, 0.15) is 17.2 Å². The van der Waals surface area contributed by atoms with E-state index in [-0.39, 0.29) is 11.7 Å². The molecule has 206 valence electrons. The van der Waals surface area contributed by atoms with Gasteiger partial charge in [0.2, 0.25) is 0 Å². The topological polar surface area (TPSA) is 113 Å². The zero-order valence-corrected chi connectivity index (χ0v) is 23.4. The number of nitrogens with two attached hydrogens (primary N) is 2. The molecule has 2 aliphatic rings. The van der Waals surface area contributed by atoms with E-state index in [0.29, 0.717) is 40.4 Å². The van der Waals surface area contributed by atoms with Gasteiger partial charge in [0.25, 0.3) is 5.92 Å². The quantitative estimate of drug-likeness (QED) is 0.268. The third-order valence-electron chi connectivity index (χ3n) is 7.55. The standard InChI is InChI=1S/C27H31ClF2N8S/c1-3-18-23(28)22-24(34-18)35-26(36-25(22)37-7-6-15(32)13-37)39-16-4-5-17-19(8-16)33-21(27(2,29)30)9-20(17)38-11-14(10-31)12-38/h4-5,8-9,14-15H,3,6-7,10-13,31-32H2,1-2H3,(H,34,35,36)/t15-/m0/s1. The summed E-state index contributed by atoms with van der Waals surface area (Å²) in [5, 5.41) is 2.80. The van der Waals surface area contributed by atoms with E-state index in [4.69, 9.17) is 33.0 Å². The molecular weight excluding hydrogens is 542 g/mol. The Hall–Kier alpha value is -2.73. The first kappa shape index (κ1) is 26.5. The molecule has 5 heterocycles. The molecule has 0 amide bonds. The van der Waals surface area contributed by atoms with Gasteiger partial charge in [-0.25, -0.2) is 15.0 Å². The summed E-state index contributed by atoms with van der Waals surface area (Å²) in [5.74, 6) is -1.93. The Bertz CT molecular complexity index is 1550. The van der Waals surface area contributed by atoms with Crippen LogP contribution in [0.5, 0.6) is 0 Å². The molecule has 1 aromatic carbocycles. The molecule has 1 atom stereocenters. The van der Waals surface area contributed by atoms with Gasteiger partial charge in [-0.15, -0.1) is 0 Å². The summed E-state index contributed by atoms with van der Waals surface area (Å²) in [4.78, 5) is 22.4. The van der Waals surface area contributed by atoms with Crippen molar-refractivity contribution in [3.05, 3.63) is 40.7 Å². The van der Waals surface area contributed by atoms with Crippen molar-refractivity contribution in [1.82, 2.24) is 19.9 Å². The fraction of sp³-hybridized carbons (Fsp3) is 0.444. The first-order valence-electron chi connectivity index (χ1n) is 13.2. The van der Waals surface area contributed by atoms with Crippen LogP contribution < -0.4 is 21.3 Å². The molecule has 0 saturated carbocycles. The largest absolute Gasteiger partial charge is 0.370 e. The number of anilines is 2. The molecule has 0 unspecified atom stereocenters. The lowest BCUT2D eigenvalue weighted by molar-refractivity contribution is 0.0131. The third kappa shape index (κ3) is 4.90. The number of H-pyrrole nitrogens is 1. The zero-order valence-electron chi connectivity index (χ0n) is 21.8. The zero-order chi connectivity index (χ0) is 27.5. The van der Waals surface area contributed by atoms with Crippen molar-refractivity contribution in [3.63, 3.8) is 0 Å². The van der Waals surface area contributed by atoms with E-state index in [2.05, 4.69) is 19.8 Å². The highest BCUT2D eigenvalue weighted by Crippen LogP contribution is 2.40. The van der Waals surface area contributed by atoms with E-state index in [1.165, 1.54) is 17.8 Å². The molecule has 4 aromatic rings. The average molecular weight is 573 g/mol. The fourth-order valence-electron chi connectivity index (χ4n) is 5.33. The van der Waals surface area contributed by atoms with Crippen LogP contribution in [0.3, 0.4) is 0 Å². The highest BCUT2D eigenvalue weighted by molar-refractivity contribution is 7.99. The van der Waals surface area contributed by atoms with Gasteiger partial charge in [-0.3, -0.25) is 0 Å². The molecule has 2 fully saturated rings. The Morgan fingerprint density at radius 1 is 1.15 bits per heavy atom. The van der Waals surface area contributed by atoms with Gasteiger partial charge >= 0.3 is 0 Å². The molecule has 5 N–H and O–H groups in total. The molecular formula is C27H31ClF2N8S. The molecule has 39 heavy (non-hydrogen) atoms. The number of aryl methyl sites for hydroxylation is 1. The van der Waals surface area contributed by atoms with Gasteiger partial charge < -0.3 is 26.3 Å². The van der Waals surface area contributed by atoms with Crippen molar-refractivity contribution >= 4 is 56.8 Å². The number of alkyl halides is 2. The maximum absolute atomic E-state index is 14.4. The molecule has 0 spiro atoms. The maximum atomic E-state index is 14.4. The molecule has 2 aliphatic heterocycles. The first-order chi connectivity index (χ1) is 18.6. The number of nitrogens with one attached hydrogen (secondary N) is 1. The van der Waals surface area contributed by atoms with Gasteiger partial charge in [0, 0.05) is 66.7 Å². The van der Waals surface area contributed by atoms with Gasteiger partial charge in [-0.05, 0) is 55.4 Å². The van der Waals surface area contributed by atoms with E-state index >= 15 is 0 Å². The molecule has 8 nitrogen and oxygen atoms in total. The minimum absolute atomic E-state index is 0.0765. The average Bonchev–Trinajstić information content (AvgIpc) is 3.44. The lowest BCUT2D eigenvalue weighted by Gasteiger charge is -2.41. The number of halogens is 3. The summed E-state index contributed by atoms with van der Waals surface area (Å²) in [7, 11) is 0. The summed E-state index contributed by atoms with van der Waals surface area (Å²) >= 11 is 8.09. The minimum Gasteiger partial charge on any atom is -0.370 e. The molecule has 0 bridgehead atoms. The van der Waals surface area contributed by atoms with E-state index in [0.717, 1.165) is 72.3 Å². The van der Waals surface area contributed by atoms with Crippen LogP contribution in [0.1, 0.15) is 31.7 Å². The SMILES string of the molecule is CCc1[nH]c2nc(Sc3ccc4c(N5CC(CN)C5)cc(C(C)(F)F)nc4c3)nc(N3CC[C@H](N)C3)c2c1Cl. The van der Waals surface area contributed by atoms with E-state index in [1.54, 1.807) is 0 Å². The molecule has 0 radical (unpaired) electrons. The van der Waals surface area contributed by atoms with Crippen LogP contribution in [0.25, 0.3) is 21.9 Å². The van der Waals surface area contributed by atoms with E-state index in [9.17, 15) is 8.78 Å². The monoisotopic (exact) mass is 572 g/mol. The van der Waals surface area contributed by atoms with Crippen LogP contribution >= 0.6 is 23.4 Å². The summed E-state index contributed by atoms with van der Waals surface area (Å²) < 4.78 is 28.8. The Kier molecular flexibility index (Phi) is 6.81. The Morgan fingerprint density at radius 3 is 2.62 bits per heavy atom. The number of hydrogen-bond acceptors (Lipinski definition) is 8. The number of pyridine rings is 1. The third-order valence-corrected chi connectivity index (χ3v) is 8.82. The van der Waals surface area contributed by atoms with Gasteiger partial charge in [-0.1, -0.05) is 18.5 Å². The normalized spacial score (nSPS) is 18.5. The fourth-order valence-corrected chi connectivity index (χ4v) is 6.47. The second-order valence-corrected chi connectivity index (χ2v) is 11.9. The second-order valence-electron chi connectivity index (χ2n) is 10.5. The van der Waals surface area contributed by atoms with Crippen molar-refractivity contribution in [3.8, 4) is 0 Å². The summed E-state index contributed by atoms with van der Waals surface area (Å²) in [6, 6.07) is 7.31. The first-order valence-corrected chi connectivity index (χ1v) is 14.4. The van der Waals surface area contributed by atoms with Gasteiger partial charge in [-0.2, -0.15) is 8.78 Å². The Balaban J connectivity index is 1.40. The predicted octanol–water partition coefficient (Wildman–Crippen LogP) is 4.92. The number of aromatic amines is 1. The van der Waals surface area contributed by atoms with Crippen LogP contribution in [-0.4, -0.2) is 58.7 Å². The number of hydrogen-bond donors (Lipinski definition) is 3. The van der Waals surface area contributed by atoms with E-state index < -0.39 is 5.92 Å². The van der Waals surface area contributed by atoms with Crippen LogP contribution in [0.4, 0.5) is 20.3 Å². The minimum atomic E-state index is -3.06. The number of benzene rings is 1. The van der Waals surface area contributed by atoms with Crippen molar-refractivity contribution < 1.29 is 8.78 Å². The van der Waals surface area contributed by atoms with Crippen molar-refractivity contribution in [2.24, 2.45) is 17.4 Å². The maximum Gasteiger partial charge on any atom is 0.287 e. The predicted molar refractivity (Wildman–Crippen MR) is 153 cm³/mol. The lowest BCUT2D eigenvalue weighted by atomic mass is 9.98. The van der Waals surface area contributed by atoms with Gasteiger partial charge in [0.05, 0.1) is 15.9 Å². The molecule has 12 heteroatoms. The molecule has 2 saturated heterocycles. The number of fused-ring (bicyclic) bond motifs is 2. The van der Waals surface area contributed by atoms with Crippen molar-refractivity contribution in [2.75, 3.05) is 42.5 Å². The van der Waals surface area contributed by atoms with Crippen LogP contribution in [0.15, 0.2) is 34.3 Å². The Morgan fingerprint density at radius 2 is 1.95 bits per heavy atom. The summed E-state index contributed by atoms with van der Waals surface area (Å²) in [6.07, 6.45) is 1.62. The summed E-state index contributed by atoms with van der Waals surface area (Å²) in [5.41, 5.74) is 14.6. The van der Waals surface area contributed by atoms with Crippen LogP contribution in [-0.2, 0) is 12.3 Å². The lowest BCUT2D eigenvalue weighted by Crippen LogP contribution is -2.50. The van der Waals surface area contributed by atoms with Crippen molar-refractivity contribution in [1.29, 1.82) is 0 Å². The van der Waals surface area contributed by atoms with E-state index in [1.807, 2.05) is 25.1 Å². The smallest absolute Gasteiger partial charge is 0.287 e. The highest BCUT2D eigenvalue weighted by Gasteiger charge is 2.32. The molecule has 6 rings (SSSR count). The molecule has 0 aliphatic carbocycles. The number of aromatic nitrogens is 4. The second kappa shape index (κ2) is 10.0.